The predicted molar refractivity (Wildman–Crippen MR) is 106 cm³/mol. The van der Waals surface area contributed by atoms with Crippen molar-refractivity contribution in [2.45, 2.75) is 20.5 Å². The highest BCUT2D eigenvalue weighted by Gasteiger charge is 2.06. The minimum atomic E-state index is 0.465. The molecule has 0 amide bonds. The predicted octanol–water partition coefficient (Wildman–Crippen LogP) is 4.13. The summed E-state index contributed by atoms with van der Waals surface area (Å²) in [6, 6.07) is 17.5. The van der Waals surface area contributed by atoms with Gasteiger partial charge in [-0.3, -0.25) is 0 Å². The highest BCUT2D eigenvalue weighted by atomic mass is 16.5. The molecule has 6 nitrogen and oxygen atoms in total. The van der Waals surface area contributed by atoms with E-state index >= 15 is 0 Å². The third-order valence-electron chi connectivity index (χ3n) is 3.79. The van der Waals surface area contributed by atoms with Crippen LogP contribution in [0.1, 0.15) is 22.5 Å². The number of nitrogens with one attached hydrogen (secondary N) is 1. The van der Waals surface area contributed by atoms with Crippen LogP contribution in [0.5, 0.6) is 11.5 Å². The second-order valence-electron chi connectivity index (χ2n) is 6.03. The zero-order chi connectivity index (χ0) is 19.1. The Bertz CT molecular complexity index is 906. The van der Waals surface area contributed by atoms with E-state index in [1.54, 1.807) is 13.3 Å². The van der Waals surface area contributed by atoms with Gasteiger partial charge >= 0.3 is 0 Å². The molecule has 138 valence electrons. The Labute approximate surface area is 158 Å². The number of hydrogen-bond acceptors (Lipinski definition) is 6. The molecule has 0 bridgehead atoms. The van der Waals surface area contributed by atoms with Gasteiger partial charge in [0.2, 0.25) is 5.95 Å². The molecule has 0 saturated carbocycles. The van der Waals surface area contributed by atoms with Crippen molar-refractivity contribution in [3.8, 4) is 11.5 Å². The highest BCUT2D eigenvalue weighted by Crippen LogP contribution is 2.28. The molecule has 0 saturated heterocycles. The summed E-state index contributed by atoms with van der Waals surface area (Å²) in [5, 5.41) is 4.21. The van der Waals surface area contributed by atoms with E-state index in [1.165, 1.54) is 0 Å². The Morgan fingerprint density at radius 3 is 2.41 bits per heavy atom. The Morgan fingerprint density at radius 1 is 0.963 bits per heavy atom. The summed E-state index contributed by atoms with van der Waals surface area (Å²) in [5.74, 6) is 1.81. The molecule has 6 heteroatoms. The molecule has 1 aromatic heterocycles. The van der Waals surface area contributed by atoms with Crippen molar-refractivity contribution in [1.29, 1.82) is 0 Å². The van der Waals surface area contributed by atoms with Crippen LogP contribution in [0.2, 0.25) is 0 Å². The molecule has 0 radical (unpaired) electrons. The third kappa shape index (κ3) is 5.28. The van der Waals surface area contributed by atoms with Crippen LogP contribution in [0.4, 0.5) is 5.95 Å². The summed E-state index contributed by atoms with van der Waals surface area (Å²) in [6.07, 6.45) is 1.69. The van der Waals surface area contributed by atoms with Crippen LogP contribution in [0.25, 0.3) is 0 Å². The van der Waals surface area contributed by atoms with E-state index < -0.39 is 0 Å². The van der Waals surface area contributed by atoms with E-state index in [2.05, 4.69) is 20.5 Å². The van der Waals surface area contributed by atoms with Crippen molar-refractivity contribution >= 4 is 12.2 Å². The number of anilines is 1. The maximum absolute atomic E-state index is 5.92. The molecule has 27 heavy (non-hydrogen) atoms. The van der Waals surface area contributed by atoms with Gasteiger partial charge in [-0.1, -0.05) is 30.3 Å². The SMILES string of the molecule is COc1ccc(/C=N\Nc2nc(C)cc(C)n2)cc1OCc1ccccc1. The second-order valence-corrected chi connectivity index (χ2v) is 6.03. The molecule has 0 aliphatic heterocycles. The molecular formula is C21H22N4O2. The normalized spacial score (nSPS) is 10.8. The summed E-state index contributed by atoms with van der Waals surface area (Å²) < 4.78 is 11.3. The van der Waals surface area contributed by atoms with Crippen molar-refractivity contribution < 1.29 is 9.47 Å². The van der Waals surface area contributed by atoms with Gasteiger partial charge in [0.1, 0.15) is 6.61 Å². The first-order valence-electron chi connectivity index (χ1n) is 8.60. The molecule has 0 atom stereocenters. The molecule has 2 aromatic carbocycles. The Morgan fingerprint density at radius 2 is 1.70 bits per heavy atom. The molecule has 0 spiro atoms. The van der Waals surface area contributed by atoms with Crippen molar-refractivity contribution in [3.63, 3.8) is 0 Å². The molecule has 3 rings (SSSR count). The maximum atomic E-state index is 5.92. The van der Waals surface area contributed by atoms with E-state index in [9.17, 15) is 0 Å². The molecule has 0 aliphatic carbocycles. The number of rotatable bonds is 7. The third-order valence-corrected chi connectivity index (χ3v) is 3.79. The average molecular weight is 362 g/mol. The van der Waals surface area contributed by atoms with Gasteiger partial charge in [-0.05, 0) is 49.2 Å². The zero-order valence-corrected chi connectivity index (χ0v) is 15.6. The minimum absolute atomic E-state index is 0.465. The van der Waals surface area contributed by atoms with Crippen molar-refractivity contribution in [2.75, 3.05) is 12.5 Å². The fraction of sp³-hybridized carbons (Fsp3) is 0.190. The molecule has 0 aliphatic rings. The molecule has 0 unspecified atom stereocenters. The number of methoxy groups -OCH3 is 1. The number of benzene rings is 2. The van der Waals surface area contributed by atoms with E-state index in [0.29, 0.717) is 24.1 Å². The number of aromatic nitrogens is 2. The standard InChI is InChI=1S/C21H22N4O2/c1-15-11-16(2)24-21(23-15)25-22-13-18-9-10-19(26-3)20(12-18)27-14-17-7-5-4-6-8-17/h4-13H,14H2,1-3H3,(H,23,24,25)/b22-13-. The lowest BCUT2D eigenvalue weighted by Crippen LogP contribution is -2.00. The number of hydrogen-bond donors (Lipinski definition) is 1. The fourth-order valence-corrected chi connectivity index (χ4v) is 2.56. The van der Waals surface area contributed by atoms with Crippen molar-refractivity contribution in [3.05, 3.63) is 77.1 Å². The largest absolute Gasteiger partial charge is 0.493 e. The highest BCUT2D eigenvalue weighted by molar-refractivity contribution is 5.81. The molecule has 1 heterocycles. The van der Waals surface area contributed by atoms with Gasteiger partial charge in [0.15, 0.2) is 11.5 Å². The zero-order valence-electron chi connectivity index (χ0n) is 15.6. The van der Waals surface area contributed by atoms with Gasteiger partial charge < -0.3 is 9.47 Å². The Balaban J connectivity index is 1.70. The first kappa shape index (κ1) is 18.4. The summed E-state index contributed by atoms with van der Waals surface area (Å²) in [5.41, 5.74) is 6.60. The maximum Gasteiger partial charge on any atom is 0.243 e. The van der Waals surface area contributed by atoms with Crippen molar-refractivity contribution in [2.24, 2.45) is 5.10 Å². The van der Waals surface area contributed by atoms with Crippen LogP contribution in [0, 0.1) is 13.8 Å². The van der Waals surface area contributed by atoms with E-state index in [0.717, 1.165) is 22.5 Å². The van der Waals surface area contributed by atoms with Crippen LogP contribution in [0.15, 0.2) is 59.7 Å². The van der Waals surface area contributed by atoms with E-state index in [-0.39, 0.29) is 0 Å². The average Bonchev–Trinajstić information content (AvgIpc) is 2.66. The van der Waals surface area contributed by atoms with Gasteiger partial charge in [-0.15, -0.1) is 0 Å². The van der Waals surface area contributed by atoms with E-state index in [4.69, 9.17) is 9.47 Å². The topological polar surface area (TPSA) is 68.6 Å². The quantitative estimate of drug-likeness (QED) is 0.506. The van der Waals surface area contributed by atoms with Gasteiger partial charge in [0, 0.05) is 11.4 Å². The number of hydrazone groups is 1. The summed E-state index contributed by atoms with van der Waals surface area (Å²) in [4.78, 5) is 8.58. The van der Waals surface area contributed by atoms with Gasteiger partial charge in [-0.25, -0.2) is 15.4 Å². The lowest BCUT2D eigenvalue weighted by molar-refractivity contribution is 0.284. The Hall–Kier alpha value is -3.41. The number of ether oxygens (including phenoxy) is 2. The van der Waals surface area contributed by atoms with Crippen LogP contribution < -0.4 is 14.9 Å². The smallest absolute Gasteiger partial charge is 0.243 e. The van der Waals surface area contributed by atoms with Crippen molar-refractivity contribution in [1.82, 2.24) is 9.97 Å². The van der Waals surface area contributed by atoms with Crippen LogP contribution in [0.3, 0.4) is 0 Å². The molecular weight excluding hydrogens is 340 g/mol. The van der Waals surface area contributed by atoms with Crippen LogP contribution >= 0.6 is 0 Å². The Kier molecular flexibility index (Phi) is 5.99. The lowest BCUT2D eigenvalue weighted by Gasteiger charge is -2.11. The van der Waals surface area contributed by atoms with Crippen LogP contribution in [-0.4, -0.2) is 23.3 Å². The molecule has 0 fully saturated rings. The summed E-state index contributed by atoms with van der Waals surface area (Å²) >= 11 is 0. The first-order chi connectivity index (χ1) is 13.1. The summed E-state index contributed by atoms with van der Waals surface area (Å²) in [6.45, 7) is 4.30. The molecule has 3 aromatic rings. The fourth-order valence-electron chi connectivity index (χ4n) is 2.56. The molecule has 1 N–H and O–H groups in total. The van der Waals surface area contributed by atoms with E-state index in [1.807, 2.05) is 68.4 Å². The number of aryl methyl sites for hydroxylation is 2. The number of nitrogens with zero attached hydrogens (tertiary/aromatic N) is 3. The van der Waals surface area contributed by atoms with Gasteiger partial charge in [0.05, 0.1) is 13.3 Å². The second kappa shape index (κ2) is 8.80. The van der Waals surface area contributed by atoms with Gasteiger partial charge in [-0.2, -0.15) is 5.10 Å². The minimum Gasteiger partial charge on any atom is -0.493 e. The monoisotopic (exact) mass is 362 g/mol. The first-order valence-corrected chi connectivity index (χ1v) is 8.60. The van der Waals surface area contributed by atoms with Crippen LogP contribution in [-0.2, 0) is 6.61 Å². The summed E-state index contributed by atoms with van der Waals surface area (Å²) in [7, 11) is 1.62. The van der Waals surface area contributed by atoms with Gasteiger partial charge in [0.25, 0.3) is 0 Å². The lowest BCUT2D eigenvalue weighted by atomic mass is 10.2.